The molecule has 0 aromatic heterocycles. The maximum Gasteiger partial charge on any atom is 0.242 e. The molecule has 1 aromatic rings. The molecule has 0 aliphatic carbocycles. The molecule has 1 aliphatic heterocycles. The summed E-state index contributed by atoms with van der Waals surface area (Å²) in [5.74, 6) is -0.235. The van der Waals surface area contributed by atoms with Crippen molar-refractivity contribution in [2.75, 3.05) is 17.2 Å². The van der Waals surface area contributed by atoms with Gasteiger partial charge in [-0.3, -0.25) is 4.79 Å². The highest BCUT2D eigenvalue weighted by molar-refractivity contribution is 7.89. The van der Waals surface area contributed by atoms with Crippen LogP contribution in [0.1, 0.15) is 19.4 Å². The van der Waals surface area contributed by atoms with Gasteiger partial charge in [-0.1, -0.05) is 18.2 Å². The van der Waals surface area contributed by atoms with Crippen molar-refractivity contribution in [3.63, 3.8) is 0 Å². The lowest BCUT2D eigenvalue weighted by Gasteiger charge is -2.22. The Morgan fingerprint density at radius 3 is 2.79 bits per heavy atom. The summed E-state index contributed by atoms with van der Waals surface area (Å²) in [7, 11) is -3.34. The number of anilines is 1. The number of para-hydroxylation sites is 1. The molecule has 5 nitrogen and oxygen atoms in total. The number of fused-ring (bicyclic) bond motifs is 1. The van der Waals surface area contributed by atoms with Gasteiger partial charge in [0.05, 0.1) is 12.3 Å². The first-order valence-electron chi connectivity index (χ1n) is 6.32. The van der Waals surface area contributed by atoms with Crippen LogP contribution in [-0.2, 0) is 21.2 Å². The van der Waals surface area contributed by atoms with E-state index < -0.39 is 10.0 Å². The second kappa shape index (κ2) is 5.30. The normalized spacial score (nSPS) is 18.4. The predicted molar refractivity (Wildman–Crippen MR) is 74.6 cm³/mol. The summed E-state index contributed by atoms with van der Waals surface area (Å²) in [5.41, 5.74) is 2.01. The van der Waals surface area contributed by atoms with Crippen molar-refractivity contribution in [3.8, 4) is 0 Å². The van der Waals surface area contributed by atoms with Gasteiger partial charge in [-0.15, -0.1) is 0 Å². The lowest BCUT2D eigenvalue weighted by molar-refractivity contribution is -0.117. The summed E-state index contributed by atoms with van der Waals surface area (Å²) < 4.78 is 25.0. The van der Waals surface area contributed by atoms with Crippen LogP contribution in [-0.4, -0.2) is 32.7 Å². The Labute approximate surface area is 113 Å². The lowest BCUT2D eigenvalue weighted by atomic mass is 10.1. The molecule has 104 valence electrons. The number of rotatable bonds is 4. The van der Waals surface area contributed by atoms with Gasteiger partial charge < -0.3 is 4.90 Å². The molecule has 2 rings (SSSR count). The number of amides is 1. The molecule has 0 saturated heterocycles. The topological polar surface area (TPSA) is 66.5 Å². The van der Waals surface area contributed by atoms with Crippen LogP contribution in [0.15, 0.2) is 24.3 Å². The maximum atomic E-state index is 12.2. The van der Waals surface area contributed by atoms with E-state index in [9.17, 15) is 13.2 Å². The smallest absolute Gasteiger partial charge is 0.242 e. The molecule has 1 heterocycles. The number of nitrogens with zero attached hydrogens (tertiary/aromatic N) is 1. The van der Waals surface area contributed by atoms with Gasteiger partial charge in [0, 0.05) is 11.7 Å². The first-order chi connectivity index (χ1) is 8.94. The van der Waals surface area contributed by atoms with Crippen LogP contribution in [0.2, 0.25) is 0 Å². The van der Waals surface area contributed by atoms with E-state index in [4.69, 9.17) is 0 Å². The molecule has 6 heteroatoms. The first-order valence-corrected chi connectivity index (χ1v) is 7.97. The summed E-state index contributed by atoms with van der Waals surface area (Å²) >= 11 is 0. The molecule has 0 saturated carbocycles. The monoisotopic (exact) mass is 282 g/mol. The van der Waals surface area contributed by atoms with Crippen molar-refractivity contribution in [3.05, 3.63) is 29.8 Å². The van der Waals surface area contributed by atoms with Crippen LogP contribution >= 0.6 is 0 Å². The van der Waals surface area contributed by atoms with E-state index in [1.165, 1.54) is 0 Å². The van der Waals surface area contributed by atoms with Gasteiger partial charge >= 0.3 is 0 Å². The molecular formula is C13H18N2O3S. The molecule has 0 radical (unpaired) electrons. The van der Waals surface area contributed by atoms with Crippen LogP contribution in [0.25, 0.3) is 0 Å². The molecular weight excluding hydrogens is 264 g/mol. The number of hydrogen-bond acceptors (Lipinski definition) is 3. The van der Waals surface area contributed by atoms with Crippen molar-refractivity contribution < 1.29 is 13.2 Å². The Morgan fingerprint density at radius 2 is 2.11 bits per heavy atom. The number of sulfonamides is 1. The van der Waals surface area contributed by atoms with E-state index in [-0.39, 0.29) is 24.2 Å². The van der Waals surface area contributed by atoms with Crippen LogP contribution in [0, 0.1) is 0 Å². The number of nitrogens with one attached hydrogen (secondary N) is 1. The van der Waals surface area contributed by atoms with Crippen molar-refractivity contribution in [1.29, 1.82) is 0 Å². The van der Waals surface area contributed by atoms with Gasteiger partial charge in [0.1, 0.15) is 0 Å². The lowest BCUT2D eigenvalue weighted by Crippen LogP contribution is -2.43. The fraction of sp³-hybridized carbons (Fsp3) is 0.462. The van der Waals surface area contributed by atoms with Gasteiger partial charge in [0.2, 0.25) is 15.9 Å². The first kappa shape index (κ1) is 14.0. The highest BCUT2D eigenvalue weighted by atomic mass is 32.2. The summed E-state index contributed by atoms with van der Waals surface area (Å²) in [6, 6.07) is 7.78. The zero-order valence-electron chi connectivity index (χ0n) is 11.1. The second-order valence-electron chi connectivity index (χ2n) is 4.67. The summed E-state index contributed by atoms with van der Waals surface area (Å²) in [5, 5.41) is 0. The average Bonchev–Trinajstić information content (AvgIpc) is 2.72. The van der Waals surface area contributed by atoms with E-state index in [2.05, 4.69) is 4.72 Å². The molecule has 0 bridgehead atoms. The molecule has 1 aromatic carbocycles. The minimum absolute atomic E-state index is 0.0214. The zero-order valence-corrected chi connectivity index (χ0v) is 11.9. The van der Waals surface area contributed by atoms with E-state index in [1.54, 1.807) is 11.8 Å². The Morgan fingerprint density at radius 1 is 1.42 bits per heavy atom. The zero-order chi connectivity index (χ0) is 14.0. The largest absolute Gasteiger partial charge is 0.308 e. The van der Waals surface area contributed by atoms with E-state index in [0.717, 1.165) is 17.7 Å². The average molecular weight is 282 g/mol. The molecule has 1 amide bonds. The third-order valence-electron chi connectivity index (χ3n) is 3.30. The van der Waals surface area contributed by atoms with Crippen LogP contribution in [0.3, 0.4) is 0 Å². The number of carbonyl (C=O) groups excluding carboxylic acids is 1. The highest BCUT2D eigenvalue weighted by Crippen LogP contribution is 2.31. The van der Waals surface area contributed by atoms with Gasteiger partial charge in [-0.2, -0.15) is 0 Å². The molecule has 0 spiro atoms. The van der Waals surface area contributed by atoms with Gasteiger partial charge in [0.15, 0.2) is 0 Å². The maximum absolute atomic E-state index is 12.2. The predicted octanol–water partition coefficient (Wildman–Crippen LogP) is 0.903. The molecule has 1 unspecified atom stereocenters. The SMILES string of the molecule is CCS(=O)(=O)NCC(=O)N1c2ccccc2CC1C. The van der Waals surface area contributed by atoms with Crippen LogP contribution in [0.4, 0.5) is 5.69 Å². The molecule has 19 heavy (non-hydrogen) atoms. The molecule has 1 aliphatic rings. The Balaban J connectivity index is 2.12. The second-order valence-corrected chi connectivity index (χ2v) is 6.77. The number of hydrogen-bond donors (Lipinski definition) is 1. The fourth-order valence-corrected chi connectivity index (χ4v) is 2.85. The minimum Gasteiger partial charge on any atom is -0.308 e. The van der Waals surface area contributed by atoms with Crippen molar-refractivity contribution >= 4 is 21.6 Å². The molecule has 1 atom stereocenters. The van der Waals surface area contributed by atoms with Crippen molar-refractivity contribution in [2.45, 2.75) is 26.3 Å². The van der Waals surface area contributed by atoms with E-state index in [1.807, 2.05) is 31.2 Å². The third kappa shape index (κ3) is 2.96. The Bertz CT molecular complexity index is 583. The Kier molecular flexibility index (Phi) is 3.91. The summed E-state index contributed by atoms with van der Waals surface area (Å²) in [6.07, 6.45) is 0.808. The minimum atomic E-state index is -3.34. The number of benzene rings is 1. The van der Waals surface area contributed by atoms with Gasteiger partial charge in [0.25, 0.3) is 0 Å². The highest BCUT2D eigenvalue weighted by Gasteiger charge is 2.30. The third-order valence-corrected chi connectivity index (χ3v) is 4.64. The van der Waals surface area contributed by atoms with Crippen molar-refractivity contribution in [1.82, 2.24) is 4.72 Å². The fourth-order valence-electron chi connectivity index (χ4n) is 2.30. The quantitative estimate of drug-likeness (QED) is 0.892. The summed E-state index contributed by atoms with van der Waals surface area (Å²) in [4.78, 5) is 13.9. The number of carbonyl (C=O) groups is 1. The summed E-state index contributed by atoms with van der Waals surface area (Å²) in [6.45, 7) is 3.32. The van der Waals surface area contributed by atoms with Crippen LogP contribution < -0.4 is 9.62 Å². The van der Waals surface area contributed by atoms with Crippen molar-refractivity contribution in [2.24, 2.45) is 0 Å². The van der Waals surface area contributed by atoms with Gasteiger partial charge in [-0.25, -0.2) is 13.1 Å². The Hall–Kier alpha value is -1.40. The standard InChI is InChI=1S/C13H18N2O3S/c1-3-19(17,18)14-9-13(16)15-10(2)8-11-6-4-5-7-12(11)15/h4-7,10,14H,3,8-9H2,1-2H3. The van der Waals surface area contributed by atoms with E-state index in [0.29, 0.717) is 0 Å². The van der Waals surface area contributed by atoms with Crippen LogP contribution in [0.5, 0.6) is 0 Å². The molecule has 0 fully saturated rings. The molecule has 1 N–H and O–H groups in total. The van der Waals surface area contributed by atoms with E-state index >= 15 is 0 Å². The van der Waals surface area contributed by atoms with Gasteiger partial charge in [-0.05, 0) is 31.9 Å².